The van der Waals surface area contributed by atoms with E-state index in [0.29, 0.717) is 44.6 Å². The standard InChI is InChI=1S/C14H24N2O4/c1-2-20-12-7-11(8-12)15-9-13(17)16-5-3-10(4-6-16)14(18)19/h10-12,15H,2-9H2,1H3,(H,18,19). The molecular weight excluding hydrogens is 260 g/mol. The van der Waals surface area contributed by atoms with Crippen molar-refractivity contribution in [1.82, 2.24) is 10.2 Å². The molecule has 1 aliphatic heterocycles. The monoisotopic (exact) mass is 284 g/mol. The number of amides is 1. The van der Waals surface area contributed by atoms with Gasteiger partial charge in [-0.2, -0.15) is 0 Å². The number of likely N-dealkylation sites (tertiary alicyclic amines) is 1. The fourth-order valence-electron chi connectivity index (χ4n) is 2.82. The van der Waals surface area contributed by atoms with E-state index >= 15 is 0 Å². The summed E-state index contributed by atoms with van der Waals surface area (Å²) < 4.78 is 5.47. The molecule has 0 atom stereocenters. The Morgan fingerprint density at radius 3 is 2.50 bits per heavy atom. The highest BCUT2D eigenvalue weighted by molar-refractivity contribution is 5.79. The number of carbonyl (C=O) groups is 2. The van der Waals surface area contributed by atoms with Crippen LogP contribution in [0.15, 0.2) is 0 Å². The third kappa shape index (κ3) is 3.93. The van der Waals surface area contributed by atoms with Crippen molar-refractivity contribution in [2.45, 2.75) is 44.8 Å². The predicted molar refractivity (Wildman–Crippen MR) is 73.4 cm³/mol. The van der Waals surface area contributed by atoms with Gasteiger partial charge in [0.05, 0.1) is 18.6 Å². The lowest BCUT2D eigenvalue weighted by Crippen LogP contribution is -2.50. The number of carboxylic acid groups (broad SMARTS) is 1. The number of aliphatic carboxylic acids is 1. The summed E-state index contributed by atoms with van der Waals surface area (Å²) in [6.07, 6.45) is 3.43. The molecule has 114 valence electrons. The van der Waals surface area contributed by atoms with Crippen LogP contribution in [0.2, 0.25) is 0 Å². The lowest BCUT2D eigenvalue weighted by molar-refractivity contribution is -0.145. The minimum absolute atomic E-state index is 0.0775. The van der Waals surface area contributed by atoms with Gasteiger partial charge in [-0.25, -0.2) is 0 Å². The molecule has 0 aromatic carbocycles. The Morgan fingerprint density at radius 1 is 1.30 bits per heavy atom. The van der Waals surface area contributed by atoms with Gasteiger partial charge in [0.25, 0.3) is 0 Å². The molecule has 1 saturated carbocycles. The fourth-order valence-corrected chi connectivity index (χ4v) is 2.82. The number of hydrogen-bond acceptors (Lipinski definition) is 4. The Kier molecular flexibility index (Phi) is 5.37. The van der Waals surface area contributed by atoms with Crippen LogP contribution in [0.4, 0.5) is 0 Å². The van der Waals surface area contributed by atoms with Crippen molar-refractivity contribution in [1.29, 1.82) is 0 Å². The zero-order valence-corrected chi connectivity index (χ0v) is 12.0. The van der Waals surface area contributed by atoms with Crippen LogP contribution >= 0.6 is 0 Å². The first kappa shape index (κ1) is 15.3. The minimum Gasteiger partial charge on any atom is -0.481 e. The molecule has 2 rings (SSSR count). The maximum absolute atomic E-state index is 12.0. The van der Waals surface area contributed by atoms with E-state index in [1.165, 1.54) is 0 Å². The Hall–Kier alpha value is -1.14. The van der Waals surface area contributed by atoms with E-state index in [4.69, 9.17) is 9.84 Å². The van der Waals surface area contributed by atoms with Crippen LogP contribution in [0.3, 0.4) is 0 Å². The van der Waals surface area contributed by atoms with Gasteiger partial charge in [-0.15, -0.1) is 0 Å². The summed E-state index contributed by atoms with van der Waals surface area (Å²) >= 11 is 0. The van der Waals surface area contributed by atoms with Gasteiger partial charge in [-0.05, 0) is 32.6 Å². The molecule has 0 aromatic heterocycles. The number of hydrogen-bond donors (Lipinski definition) is 2. The zero-order chi connectivity index (χ0) is 14.5. The molecule has 6 nitrogen and oxygen atoms in total. The summed E-state index contributed by atoms with van der Waals surface area (Å²) in [7, 11) is 0. The topological polar surface area (TPSA) is 78.9 Å². The summed E-state index contributed by atoms with van der Waals surface area (Å²) in [5.74, 6) is -0.953. The average molecular weight is 284 g/mol. The van der Waals surface area contributed by atoms with E-state index in [1.807, 2.05) is 6.92 Å². The van der Waals surface area contributed by atoms with Crippen molar-refractivity contribution in [3.63, 3.8) is 0 Å². The Balaban J connectivity index is 1.61. The first-order chi connectivity index (χ1) is 9.60. The van der Waals surface area contributed by atoms with Gasteiger partial charge >= 0.3 is 5.97 Å². The van der Waals surface area contributed by atoms with Gasteiger partial charge in [0.2, 0.25) is 5.91 Å². The molecule has 1 heterocycles. The van der Waals surface area contributed by atoms with Crippen molar-refractivity contribution in [3.05, 3.63) is 0 Å². The fraction of sp³-hybridized carbons (Fsp3) is 0.857. The SMILES string of the molecule is CCOC1CC(NCC(=O)N2CCC(C(=O)O)CC2)C1. The number of ether oxygens (including phenoxy) is 1. The molecule has 0 bridgehead atoms. The van der Waals surface area contributed by atoms with Crippen LogP contribution in [-0.4, -0.2) is 60.3 Å². The highest BCUT2D eigenvalue weighted by atomic mass is 16.5. The molecule has 1 saturated heterocycles. The van der Waals surface area contributed by atoms with Crippen LogP contribution in [0, 0.1) is 5.92 Å². The summed E-state index contributed by atoms with van der Waals surface area (Å²) in [5.41, 5.74) is 0. The summed E-state index contributed by atoms with van der Waals surface area (Å²) in [6, 6.07) is 0.382. The average Bonchev–Trinajstić information content (AvgIpc) is 2.41. The molecule has 1 aliphatic carbocycles. The number of rotatable bonds is 6. The molecule has 0 aromatic rings. The van der Waals surface area contributed by atoms with Gasteiger partial charge in [0.1, 0.15) is 0 Å². The Labute approximate surface area is 119 Å². The molecule has 2 fully saturated rings. The molecule has 20 heavy (non-hydrogen) atoms. The lowest BCUT2D eigenvalue weighted by atomic mass is 9.89. The van der Waals surface area contributed by atoms with Crippen molar-refractivity contribution in [3.8, 4) is 0 Å². The number of carbonyl (C=O) groups excluding carboxylic acids is 1. The van der Waals surface area contributed by atoms with Crippen molar-refractivity contribution in [2.75, 3.05) is 26.2 Å². The summed E-state index contributed by atoms with van der Waals surface area (Å²) in [6.45, 7) is 4.20. The highest BCUT2D eigenvalue weighted by Gasteiger charge is 2.31. The second kappa shape index (κ2) is 7.04. The Morgan fingerprint density at radius 2 is 1.95 bits per heavy atom. The van der Waals surface area contributed by atoms with Gasteiger partial charge in [0.15, 0.2) is 0 Å². The van der Waals surface area contributed by atoms with Gasteiger partial charge in [-0.1, -0.05) is 0 Å². The largest absolute Gasteiger partial charge is 0.481 e. The maximum Gasteiger partial charge on any atom is 0.306 e. The molecule has 2 N–H and O–H groups in total. The van der Waals surface area contributed by atoms with Crippen molar-refractivity contribution in [2.24, 2.45) is 5.92 Å². The van der Waals surface area contributed by atoms with E-state index in [1.54, 1.807) is 4.90 Å². The van der Waals surface area contributed by atoms with Gasteiger partial charge < -0.3 is 20.1 Å². The first-order valence-corrected chi connectivity index (χ1v) is 7.45. The van der Waals surface area contributed by atoms with Crippen LogP contribution in [0.1, 0.15) is 32.6 Å². The van der Waals surface area contributed by atoms with Crippen molar-refractivity contribution >= 4 is 11.9 Å². The van der Waals surface area contributed by atoms with Crippen LogP contribution < -0.4 is 5.32 Å². The van der Waals surface area contributed by atoms with Crippen LogP contribution in [0.5, 0.6) is 0 Å². The van der Waals surface area contributed by atoms with Gasteiger partial charge in [-0.3, -0.25) is 9.59 Å². The molecule has 0 spiro atoms. The number of carboxylic acids is 1. The number of piperidine rings is 1. The van der Waals surface area contributed by atoms with E-state index in [-0.39, 0.29) is 11.8 Å². The molecular formula is C14H24N2O4. The van der Waals surface area contributed by atoms with Crippen molar-refractivity contribution < 1.29 is 19.4 Å². The predicted octanol–water partition coefficient (Wildman–Crippen LogP) is 0.467. The quantitative estimate of drug-likeness (QED) is 0.741. The highest BCUT2D eigenvalue weighted by Crippen LogP contribution is 2.23. The van der Waals surface area contributed by atoms with E-state index in [2.05, 4.69) is 5.32 Å². The molecule has 6 heteroatoms. The smallest absolute Gasteiger partial charge is 0.306 e. The lowest BCUT2D eigenvalue weighted by Gasteiger charge is -2.36. The van der Waals surface area contributed by atoms with E-state index in [0.717, 1.165) is 19.4 Å². The first-order valence-electron chi connectivity index (χ1n) is 7.45. The third-order valence-electron chi connectivity index (χ3n) is 4.24. The second-order valence-corrected chi connectivity index (χ2v) is 5.62. The maximum atomic E-state index is 12.0. The second-order valence-electron chi connectivity index (χ2n) is 5.62. The van der Waals surface area contributed by atoms with Crippen LogP contribution in [0.25, 0.3) is 0 Å². The third-order valence-corrected chi connectivity index (χ3v) is 4.24. The Bertz CT molecular complexity index is 347. The van der Waals surface area contributed by atoms with E-state index < -0.39 is 5.97 Å². The molecule has 0 unspecified atom stereocenters. The zero-order valence-electron chi connectivity index (χ0n) is 12.0. The van der Waals surface area contributed by atoms with Gasteiger partial charge in [0, 0.05) is 25.7 Å². The summed E-state index contributed by atoms with van der Waals surface area (Å²) in [5, 5.41) is 12.2. The summed E-state index contributed by atoms with van der Waals surface area (Å²) in [4.78, 5) is 24.6. The molecule has 2 aliphatic rings. The number of nitrogens with zero attached hydrogens (tertiary/aromatic N) is 1. The normalized spacial score (nSPS) is 27.1. The molecule has 1 amide bonds. The van der Waals surface area contributed by atoms with E-state index in [9.17, 15) is 9.59 Å². The minimum atomic E-state index is -0.744. The molecule has 0 radical (unpaired) electrons. The van der Waals surface area contributed by atoms with Crippen LogP contribution in [-0.2, 0) is 14.3 Å². The number of nitrogens with one attached hydrogen (secondary N) is 1.